The molecule has 1 amide bonds. The molecule has 6 nitrogen and oxygen atoms in total. The quantitative estimate of drug-likeness (QED) is 0.859. The van der Waals surface area contributed by atoms with Crippen LogP contribution in [-0.4, -0.2) is 36.1 Å². The van der Waals surface area contributed by atoms with Crippen molar-refractivity contribution in [2.24, 2.45) is 0 Å². The first-order valence-corrected chi connectivity index (χ1v) is 5.02. The molecular formula is C10H11F3N2O4. The van der Waals surface area contributed by atoms with Crippen molar-refractivity contribution in [3.63, 3.8) is 0 Å². The first kappa shape index (κ1) is 14.9. The second kappa shape index (κ2) is 6.12. The number of nitrogens with one attached hydrogen (secondary N) is 1. The Hall–Kier alpha value is -2.19. The number of aromatic nitrogens is 1. The van der Waals surface area contributed by atoms with Crippen molar-refractivity contribution in [1.29, 1.82) is 0 Å². The molecule has 0 saturated heterocycles. The maximum Gasteiger partial charge on any atom is 0.422 e. The van der Waals surface area contributed by atoms with Crippen LogP contribution in [0, 0.1) is 0 Å². The molecule has 19 heavy (non-hydrogen) atoms. The number of alkyl halides is 3. The fourth-order valence-electron chi connectivity index (χ4n) is 1.17. The Labute approximate surface area is 106 Å². The number of ether oxygens (including phenoxy) is 2. The third kappa shape index (κ3) is 5.32. The molecule has 0 aliphatic heterocycles. The molecule has 0 spiro atoms. The molecule has 106 valence electrons. The van der Waals surface area contributed by atoms with E-state index in [2.05, 4.69) is 15.0 Å². The SMILES string of the molecule is COc1nc(OCC(F)(F)F)ccc1CNC(=O)O. The highest BCUT2D eigenvalue weighted by molar-refractivity contribution is 5.64. The summed E-state index contributed by atoms with van der Waals surface area (Å²) >= 11 is 0. The number of pyridine rings is 1. The van der Waals surface area contributed by atoms with Crippen LogP contribution in [0.2, 0.25) is 0 Å². The number of nitrogens with zero attached hydrogens (tertiary/aromatic N) is 1. The number of amides is 1. The monoisotopic (exact) mass is 280 g/mol. The van der Waals surface area contributed by atoms with Crippen molar-refractivity contribution in [3.8, 4) is 11.8 Å². The second-order valence-electron chi connectivity index (χ2n) is 3.38. The molecule has 0 atom stereocenters. The molecule has 0 aromatic carbocycles. The third-order valence-electron chi connectivity index (χ3n) is 1.92. The lowest BCUT2D eigenvalue weighted by molar-refractivity contribution is -0.154. The largest absolute Gasteiger partial charge is 0.481 e. The van der Waals surface area contributed by atoms with Crippen LogP contribution in [0.3, 0.4) is 0 Å². The Kier molecular flexibility index (Phi) is 4.79. The van der Waals surface area contributed by atoms with Crippen molar-refractivity contribution in [2.75, 3.05) is 13.7 Å². The standard InChI is InChI=1S/C10H11F3N2O4/c1-18-8-6(4-14-9(16)17)2-3-7(15-8)19-5-10(11,12)13/h2-3,14H,4-5H2,1H3,(H,16,17). The summed E-state index contributed by atoms with van der Waals surface area (Å²) < 4.78 is 45.1. The number of rotatable bonds is 5. The highest BCUT2D eigenvalue weighted by Crippen LogP contribution is 2.22. The maximum atomic E-state index is 12.0. The lowest BCUT2D eigenvalue weighted by atomic mass is 10.2. The molecule has 1 aromatic heterocycles. The summed E-state index contributed by atoms with van der Waals surface area (Å²) in [5.41, 5.74) is 0.379. The predicted octanol–water partition coefficient (Wildman–Crippen LogP) is 1.80. The van der Waals surface area contributed by atoms with E-state index >= 15 is 0 Å². The Morgan fingerprint density at radius 1 is 1.47 bits per heavy atom. The van der Waals surface area contributed by atoms with Crippen LogP contribution in [-0.2, 0) is 6.54 Å². The fourth-order valence-corrected chi connectivity index (χ4v) is 1.17. The van der Waals surface area contributed by atoms with Crippen LogP contribution in [0.4, 0.5) is 18.0 Å². The van der Waals surface area contributed by atoms with E-state index in [0.29, 0.717) is 5.56 Å². The average molecular weight is 280 g/mol. The summed E-state index contributed by atoms with van der Waals surface area (Å²) in [5, 5.41) is 10.5. The Balaban J connectivity index is 2.75. The van der Waals surface area contributed by atoms with Gasteiger partial charge in [0.25, 0.3) is 0 Å². The van der Waals surface area contributed by atoms with Crippen LogP contribution in [0.15, 0.2) is 12.1 Å². The number of carbonyl (C=O) groups is 1. The highest BCUT2D eigenvalue weighted by atomic mass is 19.4. The Morgan fingerprint density at radius 3 is 2.68 bits per heavy atom. The predicted molar refractivity (Wildman–Crippen MR) is 57.2 cm³/mol. The molecule has 1 heterocycles. The third-order valence-corrected chi connectivity index (χ3v) is 1.92. The van der Waals surface area contributed by atoms with Crippen LogP contribution in [0.1, 0.15) is 5.56 Å². The van der Waals surface area contributed by atoms with Crippen molar-refractivity contribution < 1.29 is 32.5 Å². The van der Waals surface area contributed by atoms with Crippen molar-refractivity contribution in [1.82, 2.24) is 10.3 Å². The summed E-state index contributed by atoms with van der Waals surface area (Å²) in [6, 6.07) is 2.57. The van der Waals surface area contributed by atoms with Gasteiger partial charge in [-0.2, -0.15) is 18.2 Å². The molecule has 2 N–H and O–H groups in total. The smallest absolute Gasteiger partial charge is 0.422 e. The molecular weight excluding hydrogens is 269 g/mol. The number of hydrogen-bond donors (Lipinski definition) is 2. The van der Waals surface area contributed by atoms with Crippen molar-refractivity contribution in [3.05, 3.63) is 17.7 Å². The zero-order valence-electron chi connectivity index (χ0n) is 9.82. The maximum absolute atomic E-state index is 12.0. The molecule has 0 aliphatic carbocycles. The van der Waals surface area contributed by atoms with Gasteiger partial charge in [0.15, 0.2) is 6.61 Å². The molecule has 0 fully saturated rings. The molecule has 1 rings (SSSR count). The van der Waals surface area contributed by atoms with E-state index < -0.39 is 18.9 Å². The van der Waals surface area contributed by atoms with Gasteiger partial charge in [-0.1, -0.05) is 0 Å². The van der Waals surface area contributed by atoms with E-state index in [1.807, 2.05) is 0 Å². The molecule has 0 radical (unpaired) electrons. The van der Waals surface area contributed by atoms with E-state index in [9.17, 15) is 18.0 Å². The number of halogens is 3. The van der Waals surface area contributed by atoms with Crippen LogP contribution < -0.4 is 14.8 Å². The van der Waals surface area contributed by atoms with Gasteiger partial charge >= 0.3 is 12.3 Å². The van der Waals surface area contributed by atoms with Gasteiger partial charge < -0.3 is 19.9 Å². The minimum Gasteiger partial charge on any atom is -0.481 e. The first-order valence-electron chi connectivity index (χ1n) is 5.02. The van der Waals surface area contributed by atoms with E-state index in [-0.39, 0.29) is 18.3 Å². The average Bonchev–Trinajstić information content (AvgIpc) is 2.33. The molecule has 0 unspecified atom stereocenters. The second-order valence-corrected chi connectivity index (χ2v) is 3.38. The summed E-state index contributed by atoms with van der Waals surface area (Å²) in [6.45, 7) is -1.54. The molecule has 0 bridgehead atoms. The normalized spacial score (nSPS) is 10.9. The zero-order chi connectivity index (χ0) is 14.5. The highest BCUT2D eigenvalue weighted by Gasteiger charge is 2.28. The lowest BCUT2D eigenvalue weighted by Gasteiger charge is -2.11. The Bertz CT molecular complexity index is 451. The van der Waals surface area contributed by atoms with E-state index in [1.54, 1.807) is 0 Å². The molecule has 9 heteroatoms. The summed E-state index contributed by atoms with van der Waals surface area (Å²) in [4.78, 5) is 14.0. The zero-order valence-corrected chi connectivity index (χ0v) is 9.82. The lowest BCUT2D eigenvalue weighted by Crippen LogP contribution is -2.21. The van der Waals surface area contributed by atoms with Crippen molar-refractivity contribution >= 4 is 6.09 Å². The topological polar surface area (TPSA) is 80.7 Å². The van der Waals surface area contributed by atoms with Gasteiger partial charge in [-0.15, -0.1) is 0 Å². The minimum absolute atomic E-state index is 0.00609. The van der Waals surface area contributed by atoms with Crippen LogP contribution in [0.5, 0.6) is 11.8 Å². The Morgan fingerprint density at radius 2 is 2.16 bits per heavy atom. The van der Waals surface area contributed by atoms with Gasteiger partial charge in [-0.3, -0.25) is 0 Å². The summed E-state index contributed by atoms with van der Waals surface area (Å²) in [5.74, 6) is -0.262. The van der Waals surface area contributed by atoms with E-state index in [1.165, 1.54) is 19.2 Å². The van der Waals surface area contributed by atoms with Gasteiger partial charge in [0, 0.05) is 11.6 Å². The van der Waals surface area contributed by atoms with E-state index in [0.717, 1.165) is 0 Å². The van der Waals surface area contributed by atoms with Crippen LogP contribution >= 0.6 is 0 Å². The van der Waals surface area contributed by atoms with Gasteiger partial charge in [-0.25, -0.2) is 4.79 Å². The summed E-state index contributed by atoms with van der Waals surface area (Å²) in [6.07, 6.45) is -5.70. The van der Waals surface area contributed by atoms with Gasteiger partial charge in [0.1, 0.15) is 0 Å². The van der Waals surface area contributed by atoms with Gasteiger partial charge in [-0.05, 0) is 6.07 Å². The molecule has 0 aliphatic rings. The van der Waals surface area contributed by atoms with Crippen LogP contribution in [0.25, 0.3) is 0 Å². The van der Waals surface area contributed by atoms with Crippen molar-refractivity contribution in [2.45, 2.75) is 12.7 Å². The molecule has 0 saturated carbocycles. The number of methoxy groups -OCH3 is 1. The minimum atomic E-state index is -4.46. The fraction of sp³-hybridized carbons (Fsp3) is 0.400. The number of carboxylic acid groups (broad SMARTS) is 1. The van der Waals surface area contributed by atoms with Gasteiger partial charge in [0.2, 0.25) is 11.8 Å². The number of hydrogen-bond acceptors (Lipinski definition) is 4. The molecule has 1 aromatic rings. The van der Waals surface area contributed by atoms with Gasteiger partial charge in [0.05, 0.1) is 13.7 Å². The first-order chi connectivity index (χ1) is 8.81. The van der Waals surface area contributed by atoms with E-state index in [4.69, 9.17) is 9.84 Å². The summed E-state index contributed by atoms with van der Waals surface area (Å²) in [7, 11) is 1.26.